The topological polar surface area (TPSA) is 75.3 Å². The van der Waals surface area contributed by atoms with Crippen LogP contribution in [0.3, 0.4) is 0 Å². The molecule has 0 amide bonds. The summed E-state index contributed by atoms with van der Waals surface area (Å²) in [5, 5.41) is 10.8. The molecule has 0 spiro atoms. The van der Waals surface area contributed by atoms with Crippen molar-refractivity contribution in [2.45, 2.75) is 20.0 Å². The monoisotopic (exact) mass is 515 g/mol. The molecule has 1 heterocycles. The minimum Gasteiger partial charge on any atom is -0.357 e. The Kier molecular flexibility index (Phi) is 8.65. The fourth-order valence-electron chi connectivity index (χ4n) is 2.36. The third-order valence-corrected chi connectivity index (χ3v) is 3.90. The van der Waals surface area contributed by atoms with Crippen LogP contribution in [-0.4, -0.2) is 22.6 Å². The van der Waals surface area contributed by atoms with Crippen LogP contribution in [-0.2, 0) is 13.1 Å². The predicted octanol–water partition coefficient (Wildman–Crippen LogP) is 4.40. The number of hydrogen-bond acceptors (Lipinski definition) is 4. The zero-order valence-electron chi connectivity index (χ0n) is 15.2. The lowest BCUT2D eigenvalue weighted by atomic mass is 10.2. The van der Waals surface area contributed by atoms with Gasteiger partial charge in [-0.2, -0.15) is 4.98 Å². The molecule has 0 radical (unpaired) electrons. The Labute approximate surface area is 184 Å². The van der Waals surface area contributed by atoms with Crippen LogP contribution < -0.4 is 10.6 Å². The zero-order chi connectivity index (χ0) is 19.1. The molecule has 1 aromatic heterocycles. The van der Waals surface area contributed by atoms with Gasteiger partial charge in [0.2, 0.25) is 11.7 Å². The van der Waals surface area contributed by atoms with Crippen LogP contribution in [0.2, 0.25) is 5.02 Å². The standard InChI is InChI=1S/C19H19ClFN5O.HI/c1-2-22-19(23-11-14-6-3-4-9-16(14)21)24-12-17-25-18(26-27-17)13-7-5-8-15(20)10-13;/h3-10H,2,11-12H2,1H3,(H2,22,23,24);1H. The number of rotatable bonds is 6. The van der Waals surface area contributed by atoms with Gasteiger partial charge in [-0.3, -0.25) is 0 Å². The highest BCUT2D eigenvalue weighted by Crippen LogP contribution is 2.19. The fraction of sp³-hybridized carbons (Fsp3) is 0.211. The number of benzene rings is 2. The SMILES string of the molecule is CCNC(=NCc1ccccc1F)NCc1nc(-c2cccc(Cl)c2)no1.I. The Morgan fingerprint density at radius 2 is 2.00 bits per heavy atom. The van der Waals surface area contributed by atoms with E-state index in [2.05, 4.69) is 25.8 Å². The molecule has 0 aliphatic carbocycles. The summed E-state index contributed by atoms with van der Waals surface area (Å²) in [6, 6.07) is 13.8. The van der Waals surface area contributed by atoms with Crippen LogP contribution in [0.5, 0.6) is 0 Å². The number of aliphatic imine (C=N–C) groups is 1. The van der Waals surface area contributed by atoms with Gasteiger partial charge in [0.25, 0.3) is 0 Å². The quantitative estimate of drug-likeness (QED) is 0.289. The van der Waals surface area contributed by atoms with Gasteiger partial charge in [-0.15, -0.1) is 24.0 Å². The van der Waals surface area contributed by atoms with Crippen LogP contribution in [0.1, 0.15) is 18.4 Å². The van der Waals surface area contributed by atoms with E-state index >= 15 is 0 Å². The average molecular weight is 516 g/mol. The van der Waals surface area contributed by atoms with E-state index in [1.807, 2.05) is 19.1 Å². The lowest BCUT2D eigenvalue weighted by Crippen LogP contribution is -2.36. The number of nitrogens with zero attached hydrogens (tertiary/aromatic N) is 3. The number of aromatic nitrogens is 2. The highest BCUT2D eigenvalue weighted by Gasteiger charge is 2.10. The maximum absolute atomic E-state index is 13.7. The van der Waals surface area contributed by atoms with Crippen LogP contribution >= 0.6 is 35.6 Å². The van der Waals surface area contributed by atoms with E-state index < -0.39 is 0 Å². The molecule has 0 fully saturated rings. The maximum atomic E-state index is 13.7. The number of halogens is 3. The van der Waals surface area contributed by atoms with Crippen LogP contribution in [0, 0.1) is 5.82 Å². The third kappa shape index (κ3) is 6.16. The summed E-state index contributed by atoms with van der Waals surface area (Å²) >= 11 is 5.99. The zero-order valence-corrected chi connectivity index (χ0v) is 18.2. The van der Waals surface area contributed by atoms with Gasteiger partial charge < -0.3 is 15.2 Å². The summed E-state index contributed by atoms with van der Waals surface area (Å²) < 4.78 is 19.0. The van der Waals surface area contributed by atoms with Crippen molar-refractivity contribution in [3.8, 4) is 11.4 Å². The molecule has 2 aromatic carbocycles. The summed E-state index contributed by atoms with van der Waals surface area (Å²) in [6.07, 6.45) is 0. The first-order valence-corrected chi connectivity index (χ1v) is 8.87. The van der Waals surface area contributed by atoms with Crippen molar-refractivity contribution < 1.29 is 8.91 Å². The maximum Gasteiger partial charge on any atom is 0.246 e. The second-order valence-corrected chi connectivity index (χ2v) is 6.10. The highest BCUT2D eigenvalue weighted by molar-refractivity contribution is 14.0. The molecule has 28 heavy (non-hydrogen) atoms. The van der Waals surface area contributed by atoms with Crippen molar-refractivity contribution in [1.29, 1.82) is 0 Å². The normalized spacial score (nSPS) is 11.0. The van der Waals surface area contributed by atoms with Gasteiger partial charge in [0, 0.05) is 22.7 Å². The first-order valence-electron chi connectivity index (χ1n) is 8.50. The molecule has 6 nitrogen and oxygen atoms in total. The van der Waals surface area contributed by atoms with Crippen molar-refractivity contribution in [3.63, 3.8) is 0 Å². The average Bonchev–Trinajstić information content (AvgIpc) is 3.14. The Morgan fingerprint density at radius 1 is 1.18 bits per heavy atom. The molecule has 0 unspecified atom stereocenters. The smallest absolute Gasteiger partial charge is 0.246 e. The molecule has 0 saturated heterocycles. The molecule has 9 heteroatoms. The van der Waals surface area contributed by atoms with Crippen LogP contribution in [0.25, 0.3) is 11.4 Å². The fourth-order valence-corrected chi connectivity index (χ4v) is 2.55. The van der Waals surface area contributed by atoms with Gasteiger partial charge in [-0.1, -0.05) is 47.1 Å². The van der Waals surface area contributed by atoms with Gasteiger partial charge in [-0.25, -0.2) is 9.38 Å². The summed E-state index contributed by atoms with van der Waals surface area (Å²) in [4.78, 5) is 8.73. The van der Waals surface area contributed by atoms with Gasteiger partial charge in [0.05, 0.1) is 13.1 Å². The van der Waals surface area contributed by atoms with Gasteiger partial charge in [0.15, 0.2) is 5.96 Å². The minimum absolute atomic E-state index is 0. The number of hydrogen-bond donors (Lipinski definition) is 2. The molecule has 0 atom stereocenters. The van der Waals surface area contributed by atoms with Crippen LogP contribution in [0.15, 0.2) is 58.0 Å². The van der Waals surface area contributed by atoms with Gasteiger partial charge in [0.1, 0.15) is 5.82 Å². The molecule has 3 aromatic rings. The Bertz CT molecular complexity index is 934. The van der Waals surface area contributed by atoms with Crippen molar-refractivity contribution in [2.75, 3.05) is 6.54 Å². The van der Waals surface area contributed by atoms with Crippen LogP contribution in [0.4, 0.5) is 4.39 Å². The van der Waals surface area contributed by atoms with E-state index in [9.17, 15) is 4.39 Å². The molecule has 3 rings (SSSR count). The van der Waals surface area contributed by atoms with Crippen molar-refractivity contribution in [2.24, 2.45) is 4.99 Å². The highest BCUT2D eigenvalue weighted by atomic mass is 127. The number of guanidine groups is 1. The van der Waals surface area contributed by atoms with E-state index in [1.54, 1.807) is 30.3 Å². The summed E-state index contributed by atoms with van der Waals surface area (Å²) in [5.41, 5.74) is 1.30. The third-order valence-electron chi connectivity index (χ3n) is 3.67. The first kappa shape index (κ1) is 22.1. The molecular formula is C19H20ClFIN5O. The lowest BCUT2D eigenvalue weighted by molar-refractivity contribution is 0.375. The van der Waals surface area contributed by atoms with E-state index in [0.29, 0.717) is 34.8 Å². The van der Waals surface area contributed by atoms with Crippen molar-refractivity contribution in [1.82, 2.24) is 20.8 Å². The van der Waals surface area contributed by atoms with E-state index in [0.717, 1.165) is 5.56 Å². The van der Waals surface area contributed by atoms with Crippen molar-refractivity contribution in [3.05, 3.63) is 70.8 Å². The number of nitrogens with one attached hydrogen (secondary N) is 2. The predicted molar refractivity (Wildman–Crippen MR) is 118 cm³/mol. The molecule has 0 aliphatic heterocycles. The second kappa shape index (κ2) is 11.0. The largest absolute Gasteiger partial charge is 0.357 e. The summed E-state index contributed by atoms with van der Waals surface area (Å²) in [5.74, 6) is 1.12. The summed E-state index contributed by atoms with van der Waals surface area (Å²) in [7, 11) is 0. The van der Waals surface area contributed by atoms with Crippen molar-refractivity contribution >= 4 is 41.5 Å². The molecule has 0 bridgehead atoms. The van der Waals surface area contributed by atoms with E-state index in [1.165, 1.54) is 6.07 Å². The molecule has 0 saturated carbocycles. The molecule has 2 N–H and O–H groups in total. The Balaban J connectivity index is 0.00000280. The van der Waals surface area contributed by atoms with E-state index in [4.69, 9.17) is 16.1 Å². The first-order chi connectivity index (χ1) is 13.2. The molecule has 0 aliphatic rings. The second-order valence-electron chi connectivity index (χ2n) is 5.66. The molecular weight excluding hydrogens is 496 g/mol. The lowest BCUT2D eigenvalue weighted by Gasteiger charge is -2.09. The molecule has 148 valence electrons. The van der Waals surface area contributed by atoms with Gasteiger partial charge in [-0.05, 0) is 25.1 Å². The Morgan fingerprint density at radius 3 is 2.75 bits per heavy atom. The van der Waals surface area contributed by atoms with Gasteiger partial charge >= 0.3 is 0 Å². The summed E-state index contributed by atoms with van der Waals surface area (Å²) in [6.45, 7) is 3.13. The van der Waals surface area contributed by atoms with E-state index in [-0.39, 0.29) is 42.9 Å². The Hall–Kier alpha value is -2.20. The minimum atomic E-state index is -0.278.